The molecule has 0 aromatic heterocycles. The van der Waals surface area contributed by atoms with E-state index < -0.39 is 5.97 Å². The molecule has 0 radical (unpaired) electrons. The van der Waals surface area contributed by atoms with E-state index in [4.69, 9.17) is 14.2 Å². The maximum Gasteiger partial charge on any atom is 0.338 e. The zero-order valence-corrected chi connectivity index (χ0v) is 16.4. The van der Waals surface area contributed by atoms with Crippen LogP contribution < -0.4 is 14.8 Å². The summed E-state index contributed by atoms with van der Waals surface area (Å²) in [5.41, 5.74) is 2.30. The zero-order valence-electron chi connectivity index (χ0n) is 16.4. The van der Waals surface area contributed by atoms with Crippen molar-refractivity contribution in [3.05, 3.63) is 59.2 Å². The molecule has 0 saturated carbocycles. The van der Waals surface area contributed by atoms with Gasteiger partial charge in [0.05, 0.1) is 11.6 Å². The molecular formula is C22H25NO5. The third-order valence-electron chi connectivity index (χ3n) is 4.50. The van der Waals surface area contributed by atoms with E-state index in [2.05, 4.69) is 5.32 Å². The number of amides is 1. The number of fused-ring (bicyclic) bond motifs is 1. The first kappa shape index (κ1) is 19.7. The summed E-state index contributed by atoms with van der Waals surface area (Å²) in [5.74, 6) is 0.651. The number of carbonyl (C=O) groups is 2. The number of hydrogen-bond donors (Lipinski definition) is 1. The highest BCUT2D eigenvalue weighted by Crippen LogP contribution is 2.34. The van der Waals surface area contributed by atoms with Crippen molar-refractivity contribution >= 4 is 11.9 Å². The van der Waals surface area contributed by atoms with Crippen molar-refractivity contribution in [3.63, 3.8) is 0 Å². The molecule has 0 spiro atoms. The average molecular weight is 383 g/mol. The van der Waals surface area contributed by atoms with Crippen LogP contribution in [0, 0.1) is 12.8 Å². The van der Waals surface area contributed by atoms with Crippen LogP contribution in [0.25, 0.3) is 0 Å². The van der Waals surface area contributed by atoms with Crippen molar-refractivity contribution in [2.75, 3.05) is 19.8 Å². The molecule has 0 bridgehead atoms. The molecule has 2 aromatic rings. The van der Waals surface area contributed by atoms with E-state index in [1.807, 2.05) is 45.0 Å². The zero-order chi connectivity index (χ0) is 20.1. The van der Waals surface area contributed by atoms with Crippen LogP contribution in [0.5, 0.6) is 11.5 Å². The molecule has 1 atom stereocenters. The number of rotatable bonds is 6. The second-order valence-corrected chi connectivity index (χ2v) is 7.14. The third kappa shape index (κ3) is 4.82. The Morgan fingerprint density at radius 1 is 1.07 bits per heavy atom. The number of aryl methyl sites for hydroxylation is 1. The fourth-order valence-electron chi connectivity index (χ4n) is 3.09. The monoisotopic (exact) mass is 383 g/mol. The summed E-state index contributed by atoms with van der Waals surface area (Å²) in [6.07, 6.45) is 0. The Morgan fingerprint density at radius 2 is 1.82 bits per heavy atom. The van der Waals surface area contributed by atoms with Crippen LogP contribution in [0.2, 0.25) is 0 Å². The SMILES string of the molecule is Cc1cccc(C(=O)OCC(=O)N[C@H](c2ccc3c(c2)OCCO3)C(C)C)c1. The Morgan fingerprint density at radius 3 is 2.54 bits per heavy atom. The molecule has 28 heavy (non-hydrogen) atoms. The van der Waals surface area contributed by atoms with Gasteiger partial charge in [-0.3, -0.25) is 4.79 Å². The number of ether oxygens (including phenoxy) is 3. The van der Waals surface area contributed by atoms with Gasteiger partial charge in [0.1, 0.15) is 13.2 Å². The molecule has 1 aliphatic rings. The fourth-order valence-corrected chi connectivity index (χ4v) is 3.09. The van der Waals surface area contributed by atoms with E-state index in [1.165, 1.54) is 0 Å². The van der Waals surface area contributed by atoms with Gasteiger partial charge in [0.25, 0.3) is 5.91 Å². The number of carbonyl (C=O) groups excluding carboxylic acids is 2. The van der Waals surface area contributed by atoms with Crippen LogP contribution in [0.4, 0.5) is 0 Å². The third-order valence-corrected chi connectivity index (χ3v) is 4.50. The summed E-state index contributed by atoms with van der Waals surface area (Å²) in [6.45, 7) is 6.62. The molecule has 3 rings (SSSR count). The second-order valence-electron chi connectivity index (χ2n) is 7.14. The highest BCUT2D eigenvalue weighted by atomic mass is 16.6. The summed E-state index contributed by atoms with van der Waals surface area (Å²) in [4.78, 5) is 24.5. The topological polar surface area (TPSA) is 73.9 Å². The van der Waals surface area contributed by atoms with Crippen molar-refractivity contribution in [2.45, 2.75) is 26.8 Å². The van der Waals surface area contributed by atoms with Crippen molar-refractivity contribution in [1.82, 2.24) is 5.32 Å². The van der Waals surface area contributed by atoms with Gasteiger partial charge in [-0.2, -0.15) is 0 Å². The fraction of sp³-hybridized carbons (Fsp3) is 0.364. The molecule has 6 heteroatoms. The predicted octanol–water partition coefficient (Wildman–Crippen LogP) is 3.44. The lowest BCUT2D eigenvalue weighted by atomic mass is 9.95. The number of nitrogens with one attached hydrogen (secondary N) is 1. The lowest BCUT2D eigenvalue weighted by Gasteiger charge is -2.25. The smallest absolute Gasteiger partial charge is 0.338 e. The van der Waals surface area contributed by atoms with Crippen molar-refractivity contribution in [1.29, 1.82) is 0 Å². The first-order valence-corrected chi connectivity index (χ1v) is 9.36. The maximum absolute atomic E-state index is 12.4. The van der Waals surface area contributed by atoms with Crippen LogP contribution in [-0.2, 0) is 9.53 Å². The van der Waals surface area contributed by atoms with Crippen LogP contribution in [-0.4, -0.2) is 31.7 Å². The number of benzene rings is 2. The number of esters is 1. The molecule has 0 saturated heterocycles. The summed E-state index contributed by atoms with van der Waals surface area (Å²) in [5, 5.41) is 2.95. The quantitative estimate of drug-likeness (QED) is 0.774. The van der Waals surface area contributed by atoms with E-state index in [-0.39, 0.29) is 24.5 Å². The Kier molecular flexibility index (Phi) is 6.19. The average Bonchev–Trinajstić information content (AvgIpc) is 2.69. The van der Waals surface area contributed by atoms with E-state index in [0.717, 1.165) is 11.1 Å². The van der Waals surface area contributed by atoms with E-state index in [9.17, 15) is 9.59 Å². The summed E-state index contributed by atoms with van der Waals surface area (Å²) in [6, 6.07) is 12.5. The van der Waals surface area contributed by atoms with Gasteiger partial charge in [-0.25, -0.2) is 4.79 Å². The summed E-state index contributed by atoms with van der Waals surface area (Å²) >= 11 is 0. The molecule has 1 aliphatic heterocycles. The van der Waals surface area contributed by atoms with Gasteiger partial charge in [0, 0.05) is 0 Å². The Bertz CT molecular complexity index is 862. The van der Waals surface area contributed by atoms with Crippen LogP contribution in [0.15, 0.2) is 42.5 Å². The summed E-state index contributed by atoms with van der Waals surface area (Å²) < 4.78 is 16.3. The molecule has 0 aliphatic carbocycles. The molecule has 1 amide bonds. The lowest BCUT2D eigenvalue weighted by molar-refractivity contribution is -0.125. The molecule has 148 valence electrons. The normalized spacial score (nSPS) is 13.7. The Labute approximate surface area is 164 Å². The van der Waals surface area contributed by atoms with Gasteiger partial charge >= 0.3 is 5.97 Å². The van der Waals surface area contributed by atoms with Crippen molar-refractivity contribution in [2.24, 2.45) is 5.92 Å². The minimum absolute atomic E-state index is 0.138. The van der Waals surface area contributed by atoms with Crippen LogP contribution in [0.1, 0.15) is 41.4 Å². The Balaban J connectivity index is 1.62. The minimum Gasteiger partial charge on any atom is -0.486 e. The minimum atomic E-state index is -0.515. The molecule has 0 unspecified atom stereocenters. The molecule has 2 aromatic carbocycles. The highest BCUT2D eigenvalue weighted by Gasteiger charge is 2.22. The van der Waals surface area contributed by atoms with Gasteiger partial charge in [-0.15, -0.1) is 0 Å². The van der Waals surface area contributed by atoms with Gasteiger partial charge < -0.3 is 19.5 Å². The highest BCUT2D eigenvalue weighted by molar-refractivity contribution is 5.91. The van der Waals surface area contributed by atoms with Gasteiger partial charge in [-0.05, 0) is 42.7 Å². The van der Waals surface area contributed by atoms with Gasteiger partial charge in [-0.1, -0.05) is 37.6 Å². The van der Waals surface area contributed by atoms with Crippen molar-refractivity contribution in [3.8, 4) is 11.5 Å². The molecular weight excluding hydrogens is 358 g/mol. The van der Waals surface area contributed by atoms with Gasteiger partial charge in [0.15, 0.2) is 18.1 Å². The standard InChI is InChI=1S/C22H25NO5/c1-14(2)21(16-7-8-18-19(12-16)27-10-9-26-18)23-20(24)13-28-22(25)17-6-4-5-15(3)11-17/h4-8,11-12,14,21H,9-10,13H2,1-3H3,(H,23,24)/t21-/m0/s1. The van der Waals surface area contributed by atoms with Crippen LogP contribution in [0.3, 0.4) is 0 Å². The second kappa shape index (κ2) is 8.78. The molecule has 0 fully saturated rings. The van der Waals surface area contributed by atoms with Crippen molar-refractivity contribution < 1.29 is 23.8 Å². The Hall–Kier alpha value is -3.02. The largest absolute Gasteiger partial charge is 0.486 e. The van der Waals surface area contributed by atoms with E-state index in [0.29, 0.717) is 30.3 Å². The molecule has 1 heterocycles. The molecule has 1 N–H and O–H groups in total. The lowest BCUT2D eigenvalue weighted by Crippen LogP contribution is -2.35. The van der Waals surface area contributed by atoms with E-state index >= 15 is 0 Å². The predicted molar refractivity (Wildman–Crippen MR) is 105 cm³/mol. The van der Waals surface area contributed by atoms with E-state index in [1.54, 1.807) is 18.2 Å². The summed E-state index contributed by atoms with van der Waals surface area (Å²) in [7, 11) is 0. The number of hydrogen-bond acceptors (Lipinski definition) is 5. The van der Waals surface area contributed by atoms with Crippen LogP contribution >= 0.6 is 0 Å². The molecule has 6 nitrogen and oxygen atoms in total. The van der Waals surface area contributed by atoms with Gasteiger partial charge in [0.2, 0.25) is 0 Å². The maximum atomic E-state index is 12.4. The first-order valence-electron chi connectivity index (χ1n) is 9.36. The first-order chi connectivity index (χ1) is 13.4.